The van der Waals surface area contributed by atoms with Gasteiger partial charge >= 0.3 is 0 Å². The Morgan fingerprint density at radius 3 is 2.55 bits per heavy atom. The van der Waals surface area contributed by atoms with Crippen LogP contribution < -0.4 is 14.8 Å². The van der Waals surface area contributed by atoms with Crippen molar-refractivity contribution in [3.05, 3.63) is 65.4 Å². The molecule has 2 aromatic carbocycles. The smallest absolute Gasteiger partial charge is 0.274 e. The molecular weight excluding hydrogens is 444 g/mol. The van der Waals surface area contributed by atoms with Gasteiger partial charge in [-0.05, 0) is 42.8 Å². The van der Waals surface area contributed by atoms with E-state index in [9.17, 15) is 9.90 Å². The van der Waals surface area contributed by atoms with Crippen LogP contribution in [0.4, 0.5) is 5.69 Å². The number of ether oxygens (including phenoxy) is 2. The van der Waals surface area contributed by atoms with E-state index >= 15 is 0 Å². The fourth-order valence-corrected chi connectivity index (χ4v) is 3.07. The quantitative estimate of drug-likeness (QED) is 0.362. The zero-order chi connectivity index (χ0) is 24.0. The average Bonchev–Trinajstić information content (AvgIpc) is 3.21. The predicted molar refractivity (Wildman–Crippen MR) is 131 cm³/mol. The van der Waals surface area contributed by atoms with Crippen molar-refractivity contribution in [2.45, 2.75) is 13.0 Å². The van der Waals surface area contributed by atoms with Gasteiger partial charge < -0.3 is 24.8 Å². The molecule has 8 nitrogen and oxygen atoms in total. The molecule has 0 spiro atoms. The summed E-state index contributed by atoms with van der Waals surface area (Å²) in [7, 11) is 5.20. The van der Waals surface area contributed by atoms with Gasteiger partial charge in [-0.25, -0.2) is 4.68 Å². The summed E-state index contributed by atoms with van der Waals surface area (Å²) < 4.78 is 12.4. The number of halogens is 1. The summed E-state index contributed by atoms with van der Waals surface area (Å²) in [6.45, 7) is 1.76. The number of aliphatic hydroxyl groups excluding tert-OH is 1. The number of nitrogens with zero attached hydrogens (tertiary/aromatic N) is 3. The van der Waals surface area contributed by atoms with Crippen molar-refractivity contribution in [2.24, 2.45) is 5.10 Å². The minimum Gasteiger partial charge on any atom is -0.493 e. The van der Waals surface area contributed by atoms with E-state index < -0.39 is 6.10 Å². The molecule has 33 heavy (non-hydrogen) atoms. The van der Waals surface area contributed by atoms with Crippen molar-refractivity contribution in [2.75, 3.05) is 33.1 Å². The Labute approximate surface area is 198 Å². The van der Waals surface area contributed by atoms with E-state index in [0.29, 0.717) is 27.9 Å². The van der Waals surface area contributed by atoms with Gasteiger partial charge in [0.2, 0.25) is 0 Å². The normalized spacial score (nSPS) is 11.9. The number of aromatic nitrogens is 1. The summed E-state index contributed by atoms with van der Waals surface area (Å²) in [4.78, 5) is 14.9. The van der Waals surface area contributed by atoms with Crippen LogP contribution in [0.3, 0.4) is 0 Å². The first kappa shape index (κ1) is 24.2. The number of rotatable bonds is 9. The van der Waals surface area contributed by atoms with Gasteiger partial charge in [-0.2, -0.15) is 5.10 Å². The molecule has 0 aliphatic carbocycles. The third kappa shape index (κ3) is 6.50. The van der Waals surface area contributed by atoms with Gasteiger partial charge in [-0.15, -0.1) is 0 Å². The summed E-state index contributed by atoms with van der Waals surface area (Å²) in [6.07, 6.45) is 2.78. The molecule has 9 heteroatoms. The summed E-state index contributed by atoms with van der Waals surface area (Å²) in [6, 6.07) is 14.2. The highest BCUT2D eigenvalue weighted by Crippen LogP contribution is 2.31. The highest BCUT2D eigenvalue weighted by Gasteiger charge is 2.16. The Morgan fingerprint density at radius 1 is 1.18 bits per heavy atom. The minimum atomic E-state index is -0.612. The maximum absolute atomic E-state index is 13.1. The molecule has 3 aromatic rings. The van der Waals surface area contributed by atoms with Crippen LogP contribution in [-0.2, 0) is 0 Å². The summed E-state index contributed by atoms with van der Waals surface area (Å²) in [5, 5.41) is 17.3. The summed E-state index contributed by atoms with van der Waals surface area (Å²) in [5.41, 5.74) is 2.62. The van der Waals surface area contributed by atoms with Crippen LogP contribution in [0.1, 0.15) is 17.4 Å². The molecule has 0 saturated carbocycles. The van der Waals surface area contributed by atoms with Gasteiger partial charge in [0.1, 0.15) is 18.6 Å². The lowest BCUT2D eigenvalue weighted by atomic mass is 10.1. The lowest BCUT2D eigenvalue weighted by Gasteiger charge is -2.14. The Bertz CT molecular complexity index is 1120. The second-order valence-corrected chi connectivity index (χ2v) is 8.08. The zero-order valence-corrected chi connectivity index (χ0v) is 19.7. The SMILES string of the molecule is COc1cc(NC(=O)c2cc(-c3ccc(Cl)cc3)cn2N=CN(C)C)ccc1OCC(C)O. The monoisotopic (exact) mass is 470 g/mol. The van der Waals surface area contributed by atoms with Gasteiger partial charge in [0.05, 0.1) is 13.2 Å². The Morgan fingerprint density at radius 2 is 1.91 bits per heavy atom. The number of hydrogen-bond acceptors (Lipinski definition) is 5. The Balaban J connectivity index is 1.88. The molecule has 0 saturated heterocycles. The summed E-state index contributed by atoms with van der Waals surface area (Å²) in [5.74, 6) is 0.572. The number of benzene rings is 2. The van der Waals surface area contributed by atoms with E-state index in [1.165, 1.54) is 11.8 Å². The fraction of sp³-hybridized carbons (Fsp3) is 0.250. The first-order valence-electron chi connectivity index (χ1n) is 10.3. The standard InChI is InChI=1S/C24H27ClN4O4/c1-16(30)14-33-22-10-9-20(12-23(22)32-4)27-24(31)21-11-18(13-29(21)26-15-28(2)3)17-5-7-19(25)8-6-17/h5-13,15-16,30H,14H2,1-4H3,(H,27,31). The zero-order valence-electron chi connectivity index (χ0n) is 18.9. The summed E-state index contributed by atoms with van der Waals surface area (Å²) >= 11 is 6.00. The van der Waals surface area contributed by atoms with Crippen molar-refractivity contribution in [1.82, 2.24) is 9.58 Å². The molecule has 0 aliphatic heterocycles. The number of amides is 1. The number of methoxy groups -OCH3 is 1. The molecule has 0 fully saturated rings. The largest absolute Gasteiger partial charge is 0.493 e. The van der Waals surface area contributed by atoms with Crippen LogP contribution in [0.15, 0.2) is 59.8 Å². The van der Waals surface area contributed by atoms with Crippen molar-refractivity contribution in [1.29, 1.82) is 0 Å². The van der Waals surface area contributed by atoms with Crippen LogP contribution in [0, 0.1) is 0 Å². The van der Waals surface area contributed by atoms with E-state index in [4.69, 9.17) is 21.1 Å². The van der Waals surface area contributed by atoms with Gasteiger partial charge in [0.15, 0.2) is 11.5 Å². The lowest BCUT2D eigenvalue weighted by molar-refractivity contribution is 0.101. The van der Waals surface area contributed by atoms with Crippen molar-refractivity contribution in [3.63, 3.8) is 0 Å². The molecular formula is C24H27ClN4O4. The van der Waals surface area contributed by atoms with E-state index in [2.05, 4.69) is 10.4 Å². The van der Waals surface area contributed by atoms with E-state index in [-0.39, 0.29) is 12.5 Å². The van der Waals surface area contributed by atoms with Gasteiger partial charge in [-0.3, -0.25) is 4.79 Å². The average molecular weight is 471 g/mol. The maximum atomic E-state index is 13.1. The number of nitrogens with one attached hydrogen (secondary N) is 1. The Kier molecular flexibility index (Phi) is 7.97. The molecule has 1 heterocycles. The maximum Gasteiger partial charge on any atom is 0.274 e. The highest BCUT2D eigenvalue weighted by atomic mass is 35.5. The van der Waals surface area contributed by atoms with Crippen LogP contribution in [0.5, 0.6) is 11.5 Å². The van der Waals surface area contributed by atoms with Gasteiger partial charge in [0.25, 0.3) is 5.91 Å². The molecule has 0 bridgehead atoms. The minimum absolute atomic E-state index is 0.132. The molecule has 1 aromatic heterocycles. The molecule has 174 valence electrons. The van der Waals surface area contributed by atoms with Crippen molar-refractivity contribution >= 4 is 29.5 Å². The van der Waals surface area contributed by atoms with Crippen molar-refractivity contribution in [3.8, 4) is 22.6 Å². The number of aliphatic hydroxyl groups is 1. The molecule has 0 aliphatic rings. The van der Waals surface area contributed by atoms with E-state index in [1.54, 1.807) is 60.8 Å². The topological polar surface area (TPSA) is 88.3 Å². The first-order chi connectivity index (χ1) is 15.8. The molecule has 0 radical (unpaired) electrons. The third-order valence-electron chi connectivity index (χ3n) is 4.52. The van der Waals surface area contributed by atoms with Gasteiger partial charge in [0, 0.05) is 42.6 Å². The van der Waals surface area contributed by atoms with Crippen LogP contribution in [-0.4, -0.2) is 60.8 Å². The number of hydrogen-bond donors (Lipinski definition) is 2. The predicted octanol–water partition coefficient (Wildman–Crippen LogP) is 4.18. The molecule has 1 unspecified atom stereocenters. The number of carbonyl (C=O) groups excluding carboxylic acids is 1. The second-order valence-electron chi connectivity index (χ2n) is 7.64. The van der Waals surface area contributed by atoms with E-state index in [1.807, 2.05) is 26.2 Å². The van der Waals surface area contributed by atoms with Crippen LogP contribution in [0.25, 0.3) is 11.1 Å². The molecule has 2 N–H and O–H groups in total. The highest BCUT2D eigenvalue weighted by molar-refractivity contribution is 6.30. The van der Waals surface area contributed by atoms with Crippen LogP contribution in [0.2, 0.25) is 5.02 Å². The van der Waals surface area contributed by atoms with E-state index in [0.717, 1.165) is 11.1 Å². The Hall–Kier alpha value is -3.49. The molecule has 1 atom stereocenters. The molecule has 3 rings (SSSR count). The van der Waals surface area contributed by atoms with Crippen LogP contribution >= 0.6 is 11.6 Å². The third-order valence-corrected chi connectivity index (χ3v) is 4.77. The second kappa shape index (κ2) is 10.9. The fourth-order valence-electron chi connectivity index (χ4n) is 2.95. The van der Waals surface area contributed by atoms with Crippen molar-refractivity contribution < 1.29 is 19.4 Å². The first-order valence-corrected chi connectivity index (χ1v) is 10.6. The molecule has 1 amide bonds. The number of anilines is 1. The lowest BCUT2D eigenvalue weighted by Crippen LogP contribution is -2.17. The number of carbonyl (C=O) groups is 1. The van der Waals surface area contributed by atoms with Gasteiger partial charge in [-0.1, -0.05) is 23.7 Å².